The van der Waals surface area contributed by atoms with Gasteiger partial charge >= 0.3 is 5.97 Å². The first-order valence-electron chi connectivity index (χ1n) is 6.87. The molecule has 0 spiro atoms. The van der Waals surface area contributed by atoms with Gasteiger partial charge in [0.05, 0.1) is 18.5 Å². The molecule has 2 atom stereocenters. The molecule has 1 heterocycles. The minimum Gasteiger partial charge on any atom is -0.462 e. The van der Waals surface area contributed by atoms with E-state index in [9.17, 15) is 4.79 Å². The fraction of sp³-hybridized carbons (Fsp3) is 0.571. The van der Waals surface area contributed by atoms with Crippen molar-refractivity contribution in [2.24, 2.45) is 0 Å². The molecule has 0 amide bonds. The van der Waals surface area contributed by atoms with E-state index in [1.165, 1.54) is 12.8 Å². The second-order valence-electron chi connectivity index (χ2n) is 4.84. The fourth-order valence-electron chi connectivity index (χ4n) is 2.51. The molecule has 5 nitrogen and oxygen atoms in total. The largest absolute Gasteiger partial charge is 0.462 e. The summed E-state index contributed by atoms with van der Waals surface area (Å²) in [5.41, 5.74) is 6.60. The zero-order valence-corrected chi connectivity index (χ0v) is 12.7. The molecule has 110 valence electrons. The number of nitrogens with one attached hydrogen (secondary N) is 1. The predicted molar refractivity (Wildman–Crippen MR) is 83.2 cm³/mol. The maximum Gasteiger partial charge on any atom is 0.341 e. The maximum absolute atomic E-state index is 12.0. The van der Waals surface area contributed by atoms with Crippen LogP contribution in [0.15, 0.2) is 12.3 Å². The van der Waals surface area contributed by atoms with E-state index in [0.29, 0.717) is 35.0 Å². The van der Waals surface area contributed by atoms with Crippen molar-refractivity contribution in [3.05, 3.63) is 17.8 Å². The van der Waals surface area contributed by atoms with E-state index in [-0.39, 0.29) is 5.97 Å². The lowest BCUT2D eigenvalue weighted by Gasteiger charge is -2.21. The van der Waals surface area contributed by atoms with E-state index in [4.69, 9.17) is 10.5 Å². The van der Waals surface area contributed by atoms with Crippen LogP contribution in [-0.2, 0) is 4.74 Å². The molecule has 2 unspecified atom stereocenters. The third kappa shape index (κ3) is 3.36. The highest BCUT2D eigenvalue weighted by Gasteiger charge is 2.28. The van der Waals surface area contributed by atoms with Crippen LogP contribution < -0.4 is 11.1 Å². The van der Waals surface area contributed by atoms with Crippen LogP contribution in [0.2, 0.25) is 0 Å². The van der Waals surface area contributed by atoms with E-state index in [2.05, 4.69) is 16.6 Å². The summed E-state index contributed by atoms with van der Waals surface area (Å²) >= 11 is 1.86. The van der Waals surface area contributed by atoms with Crippen molar-refractivity contribution in [3.63, 3.8) is 0 Å². The summed E-state index contributed by atoms with van der Waals surface area (Å²) < 4.78 is 5.06. The molecule has 0 bridgehead atoms. The maximum atomic E-state index is 12.0. The van der Waals surface area contributed by atoms with Gasteiger partial charge in [0.2, 0.25) is 0 Å². The summed E-state index contributed by atoms with van der Waals surface area (Å²) in [6.07, 6.45) is 7.18. The van der Waals surface area contributed by atoms with Gasteiger partial charge in [-0.15, -0.1) is 0 Å². The molecule has 0 saturated heterocycles. The Morgan fingerprint density at radius 2 is 2.40 bits per heavy atom. The van der Waals surface area contributed by atoms with Crippen LogP contribution in [0.4, 0.5) is 11.5 Å². The number of hydrogen-bond acceptors (Lipinski definition) is 6. The standard InChI is InChI=1S/C14H21N3O2S/c1-3-19-14(18)10-7-9(15)8-16-13(10)17-11-5-4-6-12(11)20-2/h7-8,11-12H,3-6,15H2,1-2H3,(H,16,17). The molecule has 0 aromatic carbocycles. The number of aromatic nitrogens is 1. The summed E-state index contributed by atoms with van der Waals surface area (Å²) in [6.45, 7) is 2.12. The Morgan fingerprint density at radius 3 is 3.10 bits per heavy atom. The Bertz CT molecular complexity index is 481. The van der Waals surface area contributed by atoms with Crippen LogP contribution in [0.3, 0.4) is 0 Å². The van der Waals surface area contributed by atoms with Gasteiger partial charge in [-0.3, -0.25) is 0 Å². The van der Waals surface area contributed by atoms with Gasteiger partial charge in [0.15, 0.2) is 0 Å². The van der Waals surface area contributed by atoms with Gasteiger partial charge < -0.3 is 15.8 Å². The predicted octanol–water partition coefficient (Wildman–Crippen LogP) is 2.54. The van der Waals surface area contributed by atoms with Gasteiger partial charge in [-0.25, -0.2) is 9.78 Å². The Morgan fingerprint density at radius 1 is 1.60 bits per heavy atom. The van der Waals surface area contributed by atoms with E-state index in [1.54, 1.807) is 19.2 Å². The van der Waals surface area contributed by atoms with Crippen molar-refractivity contribution in [3.8, 4) is 0 Å². The number of carbonyl (C=O) groups excluding carboxylic acids is 1. The minimum atomic E-state index is -0.381. The van der Waals surface area contributed by atoms with Crippen LogP contribution in [-0.4, -0.2) is 35.1 Å². The molecule has 1 aromatic heterocycles. The number of carbonyl (C=O) groups is 1. The lowest BCUT2D eigenvalue weighted by Crippen LogP contribution is -2.27. The monoisotopic (exact) mass is 295 g/mol. The lowest BCUT2D eigenvalue weighted by molar-refractivity contribution is 0.0527. The number of hydrogen-bond donors (Lipinski definition) is 2. The number of ether oxygens (including phenoxy) is 1. The highest BCUT2D eigenvalue weighted by atomic mass is 32.2. The first-order chi connectivity index (χ1) is 9.65. The van der Waals surface area contributed by atoms with Crippen molar-refractivity contribution in [1.29, 1.82) is 0 Å². The van der Waals surface area contributed by atoms with Crippen molar-refractivity contribution in [2.45, 2.75) is 37.5 Å². The number of rotatable bonds is 5. The highest BCUT2D eigenvalue weighted by molar-refractivity contribution is 7.99. The van der Waals surface area contributed by atoms with Crippen LogP contribution in [0.5, 0.6) is 0 Å². The number of esters is 1. The molecule has 1 saturated carbocycles. The smallest absolute Gasteiger partial charge is 0.341 e. The van der Waals surface area contributed by atoms with Crippen LogP contribution >= 0.6 is 11.8 Å². The van der Waals surface area contributed by atoms with E-state index in [0.717, 1.165) is 6.42 Å². The second kappa shape index (κ2) is 6.83. The summed E-state index contributed by atoms with van der Waals surface area (Å²) in [7, 11) is 0. The summed E-state index contributed by atoms with van der Waals surface area (Å²) in [5.74, 6) is 0.192. The molecular formula is C14H21N3O2S. The lowest BCUT2D eigenvalue weighted by atomic mass is 10.2. The second-order valence-corrected chi connectivity index (χ2v) is 5.92. The van der Waals surface area contributed by atoms with Crippen LogP contribution in [0.25, 0.3) is 0 Å². The molecule has 1 fully saturated rings. The van der Waals surface area contributed by atoms with Crippen molar-refractivity contribution < 1.29 is 9.53 Å². The molecule has 2 rings (SSSR count). The molecule has 1 aliphatic carbocycles. The normalized spacial score (nSPS) is 21.7. The number of thioether (sulfide) groups is 1. The van der Waals surface area contributed by atoms with Gasteiger partial charge in [0.1, 0.15) is 11.4 Å². The minimum absolute atomic E-state index is 0.337. The summed E-state index contributed by atoms with van der Waals surface area (Å²) in [4.78, 5) is 16.2. The van der Waals surface area contributed by atoms with Gasteiger partial charge in [-0.05, 0) is 32.1 Å². The van der Waals surface area contributed by atoms with Crippen molar-refractivity contribution in [1.82, 2.24) is 4.98 Å². The third-order valence-corrected chi connectivity index (χ3v) is 4.65. The highest BCUT2D eigenvalue weighted by Crippen LogP contribution is 2.31. The summed E-state index contributed by atoms with van der Waals surface area (Å²) in [6, 6.07) is 1.96. The van der Waals surface area contributed by atoms with Crippen LogP contribution in [0.1, 0.15) is 36.5 Å². The number of nitrogens with zero attached hydrogens (tertiary/aromatic N) is 1. The summed E-state index contributed by atoms with van der Waals surface area (Å²) in [5, 5.41) is 3.95. The van der Waals surface area contributed by atoms with Gasteiger partial charge in [-0.1, -0.05) is 6.42 Å². The fourth-order valence-corrected chi connectivity index (χ4v) is 3.44. The molecule has 1 aromatic rings. The zero-order chi connectivity index (χ0) is 14.5. The number of nitrogen functional groups attached to an aromatic ring is 1. The first-order valence-corrected chi connectivity index (χ1v) is 8.16. The quantitative estimate of drug-likeness (QED) is 0.813. The Kier molecular flexibility index (Phi) is 5.11. The molecular weight excluding hydrogens is 274 g/mol. The molecule has 20 heavy (non-hydrogen) atoms. The van der Waals surface area contributed by atoms with Crippen molar-refractivity contribution >= 4 is 29.2 Å². The van der Waals surface area contributed by atoms with Crippen molar-refractivity contribution in [2.75, 3.05) is 23.9 Å². The Balaban J connectivity index is 2.20. The SMILES string of the molecule is CCOC(=O)c1cc(N)cnc1NC1CCCC1SC. The number of pyridine rings is 1. The molecule has 3 N–H and O–H groups in total. The topological polar surface area (TPSA) is 77.2 Å². The molecule has 1 aliphatic rings. The number of nitrogens with two attached hydrogens (primary N) is 1. The van der Waals surface area contributed by atoms with E-state index >= 15 is 0 Å². The first kappa shape index (κ1) is 15.0. The Hall–Kier alpha value is -1.43. The molecule has 6 heteroatoms. The average molecular weight is 295 g/mol. The average Bonchev–Trinajstić information content (AvgIpc) is 2.88. The molecule has 0 aliphatic heterocycles. The van der Waals surface area contributed by atoms with Gasteiger partial charge in [0.25, 0.3) is 0 Å². The third-order valence-electron chi connectivity index (χ3n) is 3.48. The Labute approximate surface area is 123 Å². The van der Waals surface area contributed by atoms with E-state index in [1.807, 2.05) is 11.8 Å². The zero-order valence-electron chi connectivity index (χ0n) is 11.9. The van der Waals surface area contributed by atoms with E-state index < -0.39 is 0 Å². The number of anilines is 2. The van der Waals surface area contributed by atoms with Crippen LogP contribution in [0, 0.1) is 0 Å². The molecule has 0 radical (unpaired) electrons. The van der Waals surface area contributed by atoms with Gasteiger partial charge in [0, 0.05) is 11.3 Å². The van der Waals surface area contributed by atoms with Gasteiger partial charge in [-0.2, -0.15) is 11.8 Å².